The molecule has 0 bridgehead atoms. The van der Waals surface area contributed by atoms with E-state index in [-0.39, 0.29) is 17.0 Å². The number of nitrogens with two attached hydrogens (primary N) is 1. The first-order valence-electron chi connectivity index (χ1n) is 3.59. The van der Waals surface area contributed by atoms with E-state index in [0.29, 0.717) is 5.56 Å². The molecular formula is C9H10FNO. The van der Waals surface area contributed by atoms with E-state index in [1.165, 1.54) is 13.0 Å². The summed E-state index contributed by atoms with van der Waals surface area (Å²) < 4.78 is 13.1. The molecule has 0 amide bonds. The molecule has 12 heavy (non-hydrogen) atoms. The summed E-state index contributed by atoms with van der Waals surface area (Å²) in [5.41, 5.74) is 6.04. The molecule has 0 unspecified atom stereocenters. The molecule has 0 radical (unpaired) electrons. The van der Waals surface area contributed by atoms with Gasteiger partial charge in [0.15, 0.2) is 5.78 Å². The van der Waals surface area contributed by atoms with E-state index in [9.17, 15) is 9.18 Å². The van der Waals surface area contributed by atoms with Gasteiger partial charge in [-0.1, -0.05) is 6.07 Å². The van der Waals surface area contributed by atoms with Crippen molar-refractivity contribution < 1.29 is 9.18 Å². The third-order valence-electron chi connectivity index (χ3n) is 1.75. The molecule has 0 aromatic heterocycles. The van der Waals surface area contributed by atoms with Gasteiger partial charge in [0.2, 0.25) is 0 Å². The highest BCUT2D eigenvalue weighted by Gasteiger charge is 2.10. The van der Waals surface area contributed by atoms with E-state index in [1.54, 1.807) is 13.0 Å². The molecule has 0 aliphatic carbocycles. The summed E-state index contributed by atoms with van der Waals surface area (Å²) in [5.74, 6) is -0.714. The van der Waals surface area contributed by atoms with Crippen molar-refractivity contribution in [1.29, 1.82) is 0 Å². The van der Waals surface area contributed by atoms with Gasteiger partial charge in [0.1, 0.15) is 5.82 Å². The average Bonchev–Trinajstić information content (AvgIpc) is 2.00. The Bertz CT molecular complexity index is 334. The highest BCUT2D eigenvalue weighted by molar-refractivity contribution is 5.99. The van der Waals surface area contributed by atoms with Crippen LogP contribution in [0.4, 0.5) is 10.1 Å². The van der Waals surface area contributed by atoms with Crippen molar-refractivity contribution in [3.05, 3.63) is 29.1 Å². The molecule has 3 heteroatoms. The molecular weight excluding hydrogens is 157 g/mol. The first kappa shape index (κ1) is 8.71. The second-order valence-corrected chi connectivity index (χ2v) is 2.71. The van der Waals surface area contributed by atoms with Crippen molar-refractivity contribution >= 4 is 11.5 Å². The molecule has 64 valence electrons. The van der Waals surface area contributed by atoms with Crippen molar-refractivity contribution in [3.63, 3.8) is 0 Å². The number of hydrogen-bond donors (Lipinski definition) is 1. The molecule has 1 aromatic rings. The first-order valence-corrected chi connectivity index (χ1v) is 3.59. The van der Waals surface area contributed by atoms with Gasteiger partial charge >= 0.3 is 0 Å². The summed E-state index contributed by atoms with van der Waals surface area (Å²) in [6, 6.07) is 3.08. The van der Waals surface area contributed by atoms with Gasteiger partial charge in [0.25, 0.3) is 0 Å². The topological polar surface area (TPSA) is 43.1 Å². The number of halogens is 1. The van der Waals surface area contributed by atoms with Crippen LogP contribution in [0, 0.1) is 12.7 Å². The molecule has 0 fully saturated rings. The predicted molar refractivity (Wildman–Crippen MR) is 45.6 cm³/mol. The zero-order chi connectivity index (χ0) is 9.30. The Morgan fingerprint density at radius 1 is 1.50 bits per heavy atom. The predicted octanol–water partition coefficient (Wildman–Crippen LogP) is 1.92. The Hall–Kier alpha value is -1.38. The zero-order valence-corrected chi connectivity index (χ0v) is 7.02. The Morgan fingerprint density at radius 2 is 2.08 bits per heavy atom. The van der Waals surface area contributed by atoms with Gasteiger partial charge in [-0.25, -0.2) is 4.39 Å². The molecule has 0 aliphatic heterocycles. The van der Waals surface area contributed by atoms with Gasteiger partial charge in [0, 0.05) is 5.56 Å². The molecule has 0 aliphatic rings. The van der Waals surface area contributed by atoms with Crippen LogP contribution < -0.4 is 5.73 Å². The van der Waals surface area contributed by atoms with E-state index in [4.69, 9.17) is 5.73 Å². The molecule has 0 atom stereocenters. The summed E-state index contributed by atoms with van der Waals surface area (Å²) in [7, 11) is 0. The number of rotatable bonds is 1. The summed E-state index contributed by atoms with van der Waals surface area (Å²) in [6.45, 7) is 2.97. The lowest BCUT2D eigenvalue weighted by atomic mass is 10.1. The second kappa shape index (κ2) is 2.93. The number of benzene rings is 1. The van der Waals surface area contributed by atoms with Gasteiger partial charge in [-0.15, -0.1) is 0 Å². The lowest BCUT2D eigenvalue weighted by Gasteiger charge is -2.04. The van der Waals surface area contributed by atoms with Gasteiger partial charge in [-0.2, -0.15) is 0 Å². The number of carbonyl (C=O) groups is 1. The summed E-state index contributed by atoms with van der Waals surface area (Å²) in [6.07, 6.45) is 0. The van der Waals surface area contributed by atoms with Crippen LogP contribution in [0.3, 0.4) is 0 Å². The minimum absolute atomic E-state index is 0.0532. The molecule has 1 aromatic carbocycles. The van der Waals surface area contributed by atoms with Gasteiger partial charge in [-0.05, 0) is 25.5 Å². The number of carbonyl (C=O) groups excluding carboxylic acids is 1. The van der Waals surface area contributed by atoms with Gasteiger partial charge < -0.3 is 5.73 Å². The summed E-state index contributed by atoms with van der Waals surface area (Å²) >= 11 is 0. The van der Waals surface area contributed by atoms with Gasteiger partial charge in [0.05, 0.1) is 5.69 Å². The van der Waals surface area contributed by atoms with Crippen LogP contribution in [0.2, 0.25) is 0 Å². The summed E-state index contributed by atoms with van der Waals surface area (Å²) in [5, 5.41) is 0. The molecule has 0 heterocycles. The molecule has 0 saturated heterocycles. The standard InChI is InChI=1S/C9H10FNO/c1-5-3-4-7(6(2)12)9(11)8(5)10/h3-4H,11H2,1-2H3. The third-order valence-corrected chi connectivity index (χ3v) is 1.75. The SMILES string of the molecule is CC(=O)c1ccc(C)c(F)c1N. The molecule has 0 saturated carbocycles. The van der Waals surface area contributed by atoms with Crippen LogP contribution in [0.5, 0.6) is 0 Å². The van der Waals surface area contributed by atoms with Crippen LogP contribution in [0.1, 0.15) is 22.8 Å². The van der Waals surface area contributed by atoms with Crippen molar-refractivity contribution in [2.45, 2.75) is 13.8 Å². The molecule has 0 spiro atoms. The van der Waals surface area contributed by atoms with E-state index in [0.717, 1.165) is 0 Å². The number of Topliss-reactive ketones (excluding diaryl/α,β-unsaturated/α-hetero) is 1. The van der Waals surface area contributed by atoms with Crippen molar-refractivity contribution in [3.8, 4) is 0 Å². The highest BCUT2D eigenvalue weighted by atomic mass is 19.1. The van der Waals surface area contributed by atoms with E-state index < -0.39 is 5.82 Å². The molecule has 2 nitrogen and oxygen atoms in total. The zero-order valence-electron chi connectivity index (χ0n) is 7.02. The Kier molecular flexibility index (Phi) is 2.13. The maximum Gasteiger partial charge on any atom is 0.161 e. The fraction of sp³-hybridized carbons (Fsp3) is 0.222. The Labute approximate surface area is 70.2 Å². The van der Waals surface area contributed by atoms with Crippen LogP contribution >= 0.6 is 0 Å². The number of aryl methyl sites for hydroxylation is 1. The van der Waals surface area contributed by atoms with Crippen LogP contribution in [-0.2, 0) is 0 Å². The maximum absolute atomic E-state index is 13.1. The van der Waals surface area contributed by atoms with E-state index in [2.05, 4.69) is 0 Å². The molecule has 2 N–H and O–H groups in total. The maximum atomic E-state index is 13.1. The highest BCUT2D eigenvalue weighted by Crippen LogP contribution is 2.19. The lowest BCUT2D eigenvalue weighted by molar-refractivity contribution is 0.101. The monoisotopic (exact) mass is 167 g/mol. The van der Waals surface area contributed by atoms with E-state index in [1.807, 2.05) is 0 Å². The van der Waals surface area contributed by atoms with Crippen molar-refractivity contribution in [2.24, 2.45) is 0 Å². The quantitative estimate of drug-likeness (QED) is 0.513. The number of nitrogen functional groups attached to an aromatic ring is 1. The first-order chi connectivity index (χ1) is 5.54. The Balaban J connectivity index is 3.36. The minimum Gasteiger partial charge on any atom is -0.396 e. The number of hydrogen-bond acceptors (Lipinski definition) is 2. The van der Waals surface area contributed by atoms with Crippen LogP contribution in [-0.4, -0.2) is 5.78 Å². The molecule has 1 rings (SSSR count). The number of ketones is 1. The lowest BCUT2D eigenvalue weighted by Crippen LogP contribution is -2.03. The number of anilines is 1. The van der Waals surface area contributed by atoms with Crippen molar-refractivity contribution in [2.75, 3.05) is 5.73 Å². The smallest absolute Gasteiger partial charge is 0.161 e. The fourth-order valence-electron chi connectivity index (χ4n) is 1.01. The van der Waals surface area contributed by atoms with Gasteiger partial charge in [-0.3, -0.25) is 4.79 Å². The van der Waals surface area contributed by atoms with Crippen LogP contribution in [0.15, 0.2) is 12.1 Å². The average molecular weight is 167 g/mol. The minimum atomic E-state index is -0.497. The largest absolute Gasteiger partial charge is 0.396 e. The Morgan fingerprint density at radius 3 is 2.58 bits per heavy atom. The third kappa shape index (κ3) is 1.30. The second-order valence-electron chi connectivity index (χ2n) is 2.71. The fourth-order valence-corrected chi connectivity index (χ4v) is 1.01. The summed E-state index contributed by atoms with van der Waals surface area (Å²) in [4.78, 5) is 10.9. The normalized spacial score (nSPS) is 9.92. The van der Waals surface area contributed by atoms with E-state index >= 15 is 0 Å². The van der Waals surface area contributed by atoms with Crippen LogP contribution in [0.25, 0.3) is 0 Å². The van der Waals surface area contributed by atoms with Crippen molar-refractivity contribution in [1.82, 2.24) is 0 Å².